The number of aromatic nitrogens is 2. The monoisotopic (exact) mass is 250 g/mol. The van der Waals surface area contributed by atoms with Gasteiger partial charge in [-0.3, -0.25) is 4.79 Å². The van der Waals surface area contributed by atoms with E-state index >= 15 is 0 Å². The van der Waals surface area contributed by atoms with Crippen LogP contribution >= 0.6 is 0 Å². The highest BCUT2D eigenvalue weighted by molar-refractivity contribution is 6.10. The molecule has 1 aromatic carbocycles. The van der Waals surface area contributed by atoms with E-state index in [4.69, 9.17) is 4.42 Å². The molecule has 0 radical (unpaired) electrons. The highest BCUT2D eigenvalue weighted by atomic mass is 16.3. The van der Waals surface area contributed by atoms with Crippen LogP contribution in [0.4, 0.5) is 0 Å². The Bertz CT molecular complexity index is 930. The highest BCUT2D eigenvalue weighted by Gasteiger charge is 2.10. The minimum Gasteiger partial charge on any atom is -0.472 e. The molecule has 3 heterocycles. The SMILES string of the molecule is O=c1ccc2c(c1)[nH]c1c(-c3ccoc3)[nH]ccc12. The van der Waals surface area contributed by atoms with Crippen molar-refractivity contribution in [2.45, 2.75) is 0 Å². The average Bonchev–Trinajstić information content (AvgIpc) is 3.04. The van der Waals surface area contributed by atoms with Gasteiger partial charge in [-0.25, -0.2) is 0 Å². The van der Waals surface area contributed by atoms with Gasteiger partial charge < -0.3 is 14.4 Å². The van der Waals surface area contributed by atoms with Crippen LogP contribution in [0, 0.1) is 0 Å². The van der Waals surface area contributed by atoms with E-state index in [9.17, 15) is 4.79 Å². The van der Waals surface area contributed by atoms with Crippen LogP contribution in [0.3, 0.4) is 0 Å². The fourth-order valence-corrected chi connectivity index (χ4v) is 2.48. The van der Waals surface area contributed by atoms with Gasteiger partial charge >= 0.3 is 0 Å². The molecule has 4 nitrogen and oxygen atoms in total. The van der Waals surface area contributed by atoms with E-state index in [-0.39, 0.29) is 5.43 Å². The summed E-state index contributed by atoms with van der Waals surface area (Å²) in [6.45, 7) is 0. The molecule has 0 saturated heterocycles. The average molecular weight is 250 g/mol. The Kier molecular flexibility index (Phi) is 1.94. The summed E-state index contributed by atoms with van der Waals surface area (Å²) in [5.41, 5.74) is 3.76. The molecule has 4 aromatic rings. The maximum atomic E-state index is 11.4. The van der Waals surface area contributed by atoms with Gasteiger partial charge in [0.1, 0.15) is 0 Å². The summed E-state index contributed by atoms with van der Waals surface area (Å²) < 4.78 is 5.13. The van der Waals surface area contributed by atoms with E-state index in [2.05, 4.69) is 9.97 Å². The van der Waals surface area contributed by atoms with E-state index in [1.54, 1.807) is 24.7 Å². The van der Waals surface area contributed by atoms with Gasteiger partial charge in [-0.05, 0) is 24.3 Å². The number of H-pyrrole nitrogens is 2. The molecule has 0 atom stereocenters. The predicted molar refractivity (Wildman–Crippen MR) is 74.1 cm³/mol. The first-order valence-electron chi connectivity index (χ1n) is 5.98. The second kappa shape index (κ2) is 3.62. The number of pyridine rings is 1. The summed E-state index contributed by atoms with van der Waals surface area (Å²) in [7, 11) is 0. The van der Waals surface area contributed by atoms with Gasteiger partial charge in [0.25, 0.3) is 0 Å². The Morgan fingerprint density at radius 2 is 2.00 bits per heavy atom. The minimum atomic E-state index is 0.00731. The van der Waals surface area contributed by atoms with Crippen LogP contribution in [0.15, 0.2) is 58.3 Å². The number of hydrogen-bond donors (Lipinski definition) is 2. The number of nitrogens with one attached hydrogen (secondary N) is 2. The lowest BCUT2D eigenvalue weighted by Crippen LogP contribution is -1.93. The first-order valence-corrected chi connectivity index (χ1v) is 5.98. The molecule has 0 saturated carbocycles. The molecule has 4 heteroatoms. The minimum absolute atomic E-state index is 0.00731. The summed E-state index contributed by atoms with van der Waals surface area (Å²) in [6, 6.07) is 8.96. The molecular formula is C15H10N2O2. The summed E-state index contributed by atoms with van der Waals surface area (Å²) in [6.07, 6.45) is 5.22. The van der Waals surface area contributed by atoms with Gasteiger partial charge in [0.05, 0.1) is 29.3 Å². The Morgan fingerprint density at radius 3 is 2.84 bits per heavy atom. The third kappa shape index (κ3) is 1.43. The van der Waals surface area contributed by atoms with E-state index in [1.165, 1.54) is 0 Å². The standard InChI is InChI=1S/C15H10N2O2/c18-10-1-2-11-12-3-5-16-14(9-4-6-19-8-9)15(12)17-13(11)7-10/h1-8,16-17H. The molecule has 92 valence electrons. The van der Waals surface area contributed by atoms with Crippen molar-refractivity contribution in [1.29, 1.82) is 0 Å². The molecule has 2 N–H and O–H groups in total. The Morgan fingerprint density at radius 1 is 1.05 bits per heavy atom. The second-order valence-corrected chi connectivity index (χ2v) is 4.49. The number of rotatable bonds is 1. The number of furan rings is 1. The smallest absolute Gasteiger partial charge is 0.180 e. The van der Waals surface area contributed by atoms with Crippen molar-refractivity contribution < 1.29 is 4.42 Å². The molecule has 0 unspecified atom stereocenters. The Balaban J connectivity index is 2.17. The zero-order chi connectivity index (χ0) is 12.8. The molecule has 4 rings (SSSR count). The fourth-order valence-electron chi connectivity index (χ4n) is 2.48. The van der Waals surface area contributed by atoms with Crippen LogP contribution in [0.5, 0.6) is 0 Å². The van der Waals surface area contributed by atoms with Crippen LogP contribution in [0.2, 0.25) is 0 Å². The molecule has 0 aliphatic rings. The van der Waals surface area contributed by atoms with Crippen LogP contribution in [-0.2, 0) is 0 Å². The summed E-state index contributed by atoms with van der Waals surface area (Å²) >= 11 is 0. The molecular weight excluding hydrogens is 240 g/mol. The lowest BCUT2D eigenvalue weighted by Gasteiger charge is -2.00. The third-order valence-corrected chi connectivity index (χ3v) is 3.35. The first kappa shape index (κ1) is 10.2. The molecule has 0 fully saturated rings. The van der Waals surface area contributed by atoms with Crippen molar-refractivity contribution in [3.05, 3.63) is 59.3 Å². The number of fused-ring (bicyclic) bond motifs is 3. The van der Waals surface area contributed by atoms with Crippen molar-refractivity contribution in [2.75, 3.05) is 0 Å². The maximum Gasteiger partial charge on any atom is 0.180 e. The molecule has 19 heavy (non-hydrogen) atoms. The fraction of sp³-hybridized carbons (Fsp3) is 0. The van der Waals surface area contributed by atoms with E-state index in [1.807, 2.05) is 24.4 Å². The number of benzene rings is 1. The van der Waals surface area contributed by atoms with Crippen LogP contribution in [0.1, 0.15) is 0 Å². The maximum absolute atomic E-state index is 11.4. The molecule has 0 spiro atoms. The molecule has 0 aliphatic heterocycles. The topological polar surface area (TPSA) is 61.8 Å². The first-order chi connectivity index (χ1) is 9.33. The lowest BCUT2D eigenvalue weighted by molar-refractivity contribution is 0.568. The van der Waals surface area contributed by atoms with Gasteiger partial charge in [0, 0.05) is 28.6 Å². The highest BCUT2D eigenvalue weighted by Crippen LogP contribution is 2.30. The van der Waals surface area contributed by atoms with E-state index < -0.39 is 0 Å². The summed E-state index contributed by atoms with van der Waals surface area (Å²) in [4.78, 5) is 18.0. The van der Waals surface area contributed by atoms with Crippen LogP contribution < -0.4 is 5.43 Å². The van der Waals surface area contributed by atoms with Crippen LogP contribution in [0.25, 0.3) is 33.1 Å². The Hall–Kier alpha value is -2.75. The predicted octanol–water partition coefficient (Wildman–Crippen LogP) is 3.27. The zero-order valence-corrected chi connectivity index (χ0v) is 9.94. The zero-order valence-electron chi connectivity index (χ0n) is 9.94. The molecule has 0 bridgehead atoms. The van der Waals surface area contributed by atoms with Crippen molar-refractivity contribution in [1.82, 2.24) is 9.97 Å². The van der Waals surface area contributed by atoms with Crippen molar-refractivity contribution in [2.24, 2.45) is 0 Å². The summed E-state index contributed by atoms with van der Waals surface area (Å²) in [5.74, 6) is 0. The normalized spacial score (nSPS) is 11.4. The van der Waals surface area contributed by atoms with E-state index in [0.29, 0.717) is 0 Å². The van der Waals surface area contributed by atoms with E-state index in [0.717, 1.165) is 33.1 Å². The van der Waals surface area contributed by atoms with Crippen molar-refractivity contribution >= 4 is 21.8 Å². The van der Waals surface area contributed by atoms with Gasteiger partial charge in [0.15, 0.2) is 5.43 Å². The second-order valence-electron chi connectivity index (χ2n) is 4.49. The third-order valence-electron chi connectivity index (χ3n) is 3.35. The quantitative estimate of drug-likeness (QED) is 0.544. The lowest BCUT2D eigenvalue weighted by atomic mass is 10.1. The number of hydrogen-bond acceptors (Lipinski definition) is 2. The van der Waals surface area contributed by atoms with Crippen LogP contribution in [-0.4, -0.2) is 9.97 Å². The van der Waals surface area contributed by atoms with Gasteiger partial charge in [-0.1, -0.05) is 0 Å². The molecule has 3 aromatic heterocycles. The van der Waals surface area contributed by atoms with Gasteiger partial charge in [-0.2, -0.15) is 0 Å². The molecule has 0 aliphatic carbocycles. The van der Waals surface area contributed by atoms with Crippen molar-refractivity contribution in [3.63, 3.8) is 0 Å². The van der Waals surface area contributed by atoms with Gasteiger partial charge in [-0.15, -0.1) is 0 Å². The van der Waals surface area contributed by atoms with Gasteiger partial charge in [0.2, 0.25) is 0 Å². The van der Waals surface area contributed by atoms with Crippen molar-refractivity contribution in [3.8, 4) is 11.3 Å². The molecule has 0 amide bonds. The Labute approximate surface area is 107 Å². The summed E-state index contributed by atoms with van der Waals surface area (Å²) in [5, 5.41) is 2.14. The number of aromatic amines is 2. The largest absolute Gasteiger partial charge is 0.472 e.